The van der Waals surface area contributed by atoms with E-state index in [-0.39, 0.29) is 0 Å². The van der Waals surface area contributed by atoms with Crippen LogP contribution < -0.4 is 9.47 Å². The molecule has 1 heterocycles. The molecule has 0 amide bonds. The lowest BCUT2D eigenvalue weighted by Crippen LogP contribution is -2.03. The molecule has 0 bridgehead atoms. The molecule has 0 saturated heterocycles. The number of ether oxygens (including phenoxy) is 2. The van der Waals surface area contributed by atoms with E-state index in [0.717, 1.165) is 24.3 Å². The average molecular weight is 524 g/mol. The van der Waals surface area contributed by atoms with Crippen molar-refractivity contribution in [3.63, 3.8) is 0 Å². The average Bonchev–Trinajstić information content (AvgIpc) is 3.29. The number of benzene rings is 5. The summed E-state index contributed by atoms with van der Waals surface area (Å²) in [5.41, 5.74) is 10.1. The van der Waals surface area contributed by atoms with Gasteiger partial charge in [0.25, 0.3) is 0 Å². The highest BCUT2D eigenvalue weighted by Crippen LogP contribution is 2.42. The molecular formula is C37H33NO2. The van der Waals surface area contributed by atoms with Crippen LogP contribution in [-0.4, -0.2) is 18.8 Å². The van der Waals surface area contributed by atoms with E-state index in [1.54, 1.807) is 14.2 Å². The molecule has 0 atom stereocenters. The van der Waals surface area contributed by atoms with Crippen molar-refractivity contribution in [3.8, 4) is 33.8 Å². The van der Waals surface area contributed by atoms with E-state index >= 15 is 0 Å². The molecule has 0 aliphatic heterocycles. The zero-order valence-electron chi connectivity index (χ0n) is 23.2. The predicted molar refractivity (Wildman–Crippen MR) is 165 cm³/mol. The van der Waals surface area contributed by atoms with Crippen molar-refractivity contribution in [2.75, 3.05) is 14.2 Å². The normalized spacial score (nSPS) is 11.1. The number of methoxy groups -OCH3 is 2. The van der Waals surface area contributed by atoms with Crippen molar-refractivity contribution in [1.29, 1.82) is 0 Å². The van der Waals surface area contributed by atoms with Gasteiger partial charge in [-0.2, -0.15) is 0 Å². The Hall–Kier alpha value is -4.76. The Bertz CT molecular complexity index is 1600. The number of hydrogen-bond donors (Lipinski definition) is 0. The topological polar surface area (TPSA) is 23.4 Å². The molecule has 0 aliphatic carbocycles. The molecule has 5 aromatic carbocycles. The maximum absolute atomic E-state index is 5.43. The molecule has 198 valence electrons. The van der Waals surface area contributed by atoms with Gasteiger partial charge in [-0.25, -0.2) is 0 Å². The summed E-state index contributed by atoms with van der Waals surface area (Å²) < 4.78 is 13.3. The smallest absolute Gasteiger partial charge is 0.118 e. The number of aromatic nitrogens is 1. The second-order valence-electron chi connectivity index (χ2n) is 10.1. The van der Waals surface area contributed by atoms with Crippen molar-refractivity contribution < 1.29 is 9.47 Å². The minimum atomic E-state index is 0.817. The van der Waals surface area contributed by atoms with Gasteiger partial charge in [0, 0.05) is 42.0 Å². The summed E-state index contributed by atoms with van der Waals surface area (Å²) in [5.74, 6) is 1.74. The summed E-state index contributed by atoms with van der Waals surface area (Å²) in [6.45, 7) is 0. The van der Waals surface area contributed by atoms with Crippen LogP contribution in [0.4, 0.5) is 0 Å². The Morgan fingerprint density at radius 2 is 0.850 bits per heavy atom. The van der Waals surface area contributed by atoms with Gasteiger partial charge in [-0.3, -0.25) is 0 Å². The van der Waals surface area contributed by atoms with E-state index in [1.165, 1.54) is 55.5 Å². The van der Waals surface area contributed by atoms with Crippen molar-refractivity contribution in [2.45, 2.75) is 12.8 Å². The summed E-state index contributed by atoms with van der Waals surface area (Å²) in [7, 11) is 5.64. The van der Waals surface area contributed by atoms with Crippen molar-refractivity contribution in [1.82, 2.24) is 4.57 Å². The van der Waals surface area contributed by atoms with Gasteiger partial charge in [0.1, 0.15) is 11.5 Å². The first kappa shape index (κ1) is 25.5. The van der Waals surface area contributed by atoms with Crippen molar-refractivity contribution in [3.05, 3.63) is 144 Å². The largest absolute Gasteiger partial charge is 0.497 e. The van der Waals surface area contributed by atoms with Crippen LogP contribution in [0.25, 0.3) is 33.0 Å². The van der Waals surface area contributed by atoms with Crippen LogP contribution >= 0.6 is 0 Å². The molecule has 0 fully saturated rings. The third kappa shape index (κ3) is 4.87. The molecule has 0 saturated carbocycles. The maximum Gasteiger partial charge on any atom is 0.118 e. The van der Waals surface area contributed by atoms with Crippen LogP contribution in [0.1, 0.15) is 22.5 Å². The van der Waals surface area contributed by atoms with Crippen LogP contribution in [0.15, 0.2) is 121 Å². The van der Waals surface area contributed by atoms with Gasteiger partial charge in [-0.15, -0.1) is 0 Å². The molecule has 40 heavy (non-hydrogen) atoms. The lowest BCUT2D eigenvalue weighted by Gasteiger charge is -2.12. The Balaban J connectivity index is 1.63. The molecular weight excluding hydrogens is 490 g/mol. The van der Waals surface area contributed by atoms with E-state index in [9.17, 15) is 0 Å². The summed E-state index contributed by atoms with van der Waals surface area (Å²) >= 11 is 0. The number of nitrogens with zero attached hydrogens (tertiary/aromatic N) is 1. The van der Waals surface area contributed by atoms with Crippen LogP contribution in [0.2, 0.25) is 0 Å². The second kappa shape index (κ2) is 11.2. The number of fused-ring (bicyclic) bond motifs is 1. The molecule has 3 heteroatoms. The quantitative estimate of drug-likeness (QED) is 0.199. The Morgan fingerprint density at radius 3 is 1.20 bits per heavy atom. The van der Waals surface area contributed by atoms with Crippen LogP contribution in [0, 0.1) is 0 Å². The molecule has 1 aromatic heterocycles. The molecule has 3 nitrogen and oxygen atoms in total. The van der Waals surface area contributed by atoms with Gasteiger partial charge < -0.3 is 14.0 Å². The standard InChI is InChI=1S/C37H33NO2/c1-38-34(24-26-14-18-30(39-2)19-15-26)36-32(28-10-6-4-7-11-28)22-23-33(29-12-8-5-9-13-29)37(36)35(38)25-27-16-20-31(40-3)21-17-27/h4-23H,24-25H2,1-3H3. The van der Waals surface area contributed by atoms with Gasteiger partial charge in [0.05, 0.1) is 14.2 Å². The molecule has 0 aliphatic rings. The van der Waals surface area contributed by atoms with E-state index in [0.29, 0.717) is 0 Å². The Labute approximate surface area is 236 Å². The van der Waals surface area contributed by atoms with E-state index in [2.05, 4.69) is 109 Å². The minimum Gasteiger partial charge on any atom is -0.497 e. The Kier molecular flexibility index (Phi) is 7.11. The van der Waals surface area contributed by atoms with Crippen LogP contribution in [0.3, 0.4) is 0 Å². The molecule has 0 N–H and O–H groups in total. The fourth-order valence-electron chi connectivity index (χ4n) is 5.70. The van der Waals surface area contributed by atoms with Gasteiger partial charge in [-0.1, -0.05) is 97.1 Å². The SMILES string of the molecule is COc1ccc(Cc2c3c(-c4ccccc4)ccc(-c4ccccc4)c3c(Cc3ccc(OC)cc3)n2C)cc1. The van der Waals surface area contributed by atoms with E-state index in [4.69, 9.17) is 9.47 Å². The lowest BCUT2D eigenvalue weighted by atomic mass is 9.90. The summed E-state index contributed by atoms with van der Waals surface area (Å²) in [6.07, 6.45) is 1.63. The molecule has 0 unspecified atom stereocenters. The zero-order chi connectivity index (χ0) is 27.5. The Morgan fingerprint density at radius 1 is 0.475 bits per heavy atom. The van der Waals surface area contributed by atoms with Crippen molar-refractivity contribution >= 4 is 10.8 Å². The van der Waals surface area contributed by atoms with Gasteiger partial charge in [-0.05, 0) is 57.6 Å². The van der Waals surface area contributed by atoms with Gasteiger partial charge in [0.2, 0.25) is 0 Å². The zero-order valence-corrected chi connectivity index (χ0v) is 23.2. The fraction of sp³-hybridized carbons (Fsp3) is 0.135. The van der Waals surface area contributed by atoms with Gasteiger partial charge in [0.15, 0.2) is 0 Å². The fourth-order valence-corrected chi connectivity index (χ4v) is 5.70. The van der Waals surface area contributed by atoms with E-state index in [1.807, 2.05) is 24.3 Å². The first-order valence-corrected chi connectivity index (χ1v) is 13.7. The highest BCUT2D eigenvalue weighted by atomic mass is 16.5. The number of rotatable bonds is 8. The monoisotopic (exact) mass is 523 g/mol. The predicted octanol–water partition coefficient (Wildman–Crippen LogP) is 8.71. The second-order valence-corrected chi connectivity index (χ2v) is 10.1. The van der Waals surface area contributed by atoms with Crippen LogP contribution in [0.5, 0.6) is 11.5 Å². The summed E-state index contributed by atoms with van der Waals surface area (Å²) in [4.78, 5) is 0. The highest BCUT2D eigenvalue weighted by Gasteiger charge is 2.22. The maximum atomic E-state index is 5.43. The molecule has 6 rings (SSSR count). The minimum absolute atomic E-state index is 0.817. The first-order chi connectivity index (χ1) is 19.7. The lowest BCUT2D eigenvalue weighted by molar-refractivity contribution is 0.414. The highest BCUT2D eigenvalue weighted by molar-refractivity contribution is 6.08. The third-order valence-corrected chi connectivity index (χ3v) is 7.82. The van der Waals surface area contributed by atoms with Gasteiger partial charge >= 0.3 is 0 Å². The van der Waals surface area contributed by atoms with Crippen LogP contribution in [-0.2, 0) is 19.9 Å². The molecule has 6 aromatic rings. The summed E-state index contributed by atoms with van der Waals surface area (Å²) in [5, 5.41) is 2.63. The number of hydrogen-bond acceptors (Lipinski definition) is 2. The summed E-state index contributed by atoms with van der Waals surface area (Å²) in [6, 6.07) is 43.0. The van der Waals surface area contributed by atoms with Crippen molar-refractivity contribution in [2.24, 2.45) is 7.05 Å². The third-order valence-electron chi connectivity index (χ3n) is 7.82. The molecule has 0 radical (unpaired) electrons. The van der Waals surface area contributed by atoms with E-state index < -0.39 is 0 Å². The first-order valence-electron chi connectivity index (χ1n) is 13.7. The molecule has 0 spiro atoms.